The van der Waals surface area contributed by atoms with Gasteiger partial charge in [0.05, 0.1) is 22.5 Å². The van der Waals surface area contributed by atoms with Crippen molar-refractivity contribution in [2.45, 2.75) is 12.1 Å². The molecule has 8 nitrogen and oxygen atoms in total. The van der Waals surface area contributed by atoms with Gasteiger partial charge in [-0.3, -0.25) is 10.1 Å². The molecule has 0 atom stereocenters. The Morgan fingerprint density at radius 3 is 2.68 bits per heavy atom. The van der Waals surface area contributed by atoms with Crippen LogP contribution in [0, 0.1) is 17.0 Å². The number of hydrogen-bond acceptors (Lipinski definition) is 6. The molecule has 0 N–H and O–H groups in total. The van der Waals surface area contributed by atoms with E-state index in [1.807, 2.05) is 31.2 Å². The van der Waals surface area contributed by atoms with Gasteiger partial charge in [0.25, 0.3) is 5.69 Å². The Morgan fingerprint density at radius 2 is 2.00 bits per heavy atom. The standard InChI is InChI=1S/C16H14N6O2S/c1-10-3-5-11(6-4-10)13-9-25-16-18-17-15(21(16)19-13)14-7-12(22(23)24)8-20(14)2/h3-8H,9H2,1-2H3. The Hall–Kier alpha value is -2.94. The summed E-state index contributed by atoms with van der Waals surface area (Å²) >= 11 is 1.55. The lowest BCUT2D eigenvalue weighted by Crippen LogP contribution is -2.14. The van der Waals surface area contributed by atoms with Gasteiger partial charge in [-0.15, -0.1) is 10.2 Å². The highest BCUT2D eigenvalue weighted by Gasteiger charge is 2.24. The van der Waals surface area contributed by atoms with Crippen molar-refractivity contribution in [1.82, 2.24) is 19.4 Å². The predicted molar refractivity (Wildman–Crippen MR) is 94.9 cm³/mol. The molecule has 9 heteroatoms. The zero-order valence-corrected chi connectivity index (χ0v) is 14.4. The highest BCUT2D eigenvalue weighted by Crippen LogP contribution is 2.30. The largest absolute Gasteiger partial charge is 0.342 e. The van der Waals surface area contributed by atoms with Crippen molar-refractivity contribution < 1.29 is 4.92 Å². The van der Waals surface area contributed by atoms with Crippen LogP contribution in [0.3, 0.4) is 0 Å². The normalized spacial score (nSPS) is 13.4. The van der Waals surface area contributed by atoms with Crippen LogP contribution in [0.2, 0.25) is 0 Å². The van der Waals surface area contributed by atoms with Gasteiger partial charge in [-0.1, -0.05) is 41.6 Å². The van der Waals surface area contributed by atoms with E-state index in [-0.39, 0.29) is 5.69 Å². The summed E-state index contributed by atoms with van der Waals surface area (Å²) in [5, 5.41) is 24.7. The SMILES string of the molecule is Cc1ccc(C2=Nn3c(nnc3-c3cc([N+](=O)[O-])cn3C)SC2)cc1. The van der Waals surface area contributed by atoms with Gasteiger partial charge in [0, 0.05) is 18.9 Å². The summed E-state index contributed by atoms with van der Waals surface area (Å²) in [5.41, 5.74) is 3.76. The smallest absolute Gasteiger partial charge is 0.287 e. The Kier molecular flexibility index (Phi) is 3.65. The molecule has 0 unspecified atom stereocenters. The monoisotopic (exact) mass is 354 g/mol. The van der Waals surface area contributed by atoms with E-state index in [1.54, 1.807) is 28.1 Å². The van der Waals surface area contributed by atoms with Crippen LogP contribution < -0.4 is 0 Å². The van der Waals surface area contributed by atoms with Crippen LogP contribution in [0.25, 0.3) is 11.5 Å². The Bertz CT molecular complexity index is 1000. The second kappa shape index (κ2) is 5.85. The maximum absolute atomic E-state index is 11.0. The molecule has 4 rings (SSSR count). The lowest BCUT2D eigenvalue weighted by Gasteiger charge is -2.14. The first kappa shape index (κ1) is 15.6. The van der Waals surface area contributed by atoms with Crippen molar-refractivity contribution in [2.75, 3.05) is 5.75 Å². The molecule has 0 saturated heterocycles. The maximum atomic E-state index is 11.0. The number of benzene rings is 1. The summed E-state index contributed by atoms with van der Waals surface area (Å²) in [5.74, 6) is 1.19. The second-order valence-electron chi connectivity index (χ2n) is 5.77. The fourth-order valence-corrected chi connectivity index (χ4v) is 3.48. The number of fused-ring (bicyclic) bond motifs is 1. The number of rotatable bonds is 3. The molecular weight excluding hydrogens is 340 g/mol. The van der Waals surface area contributed by atoms with Crippen LogP contribution in [-0.2, 0) is 7.05 Å². The van der Waals surface area contributed by atoms with E-state index in [9.17, 15) is 10.1 Å². The molecule has 126 valence electrons. The van der Waals surface area contributed by atoms with E-state index in [1.165, 1.54) is 17.8 Å². The molecule has 0 radical (unpaired) electrons. The highest BCUT2D eigenvalue weighted by atomic mass is 32.2. The van der Waals surface area contributed by atoms with E-state index < -0.39 is 4.92 Å². The minimum Gasteiger partial charge on any atom is -0.342 e. The first-order valence-corrected chi connectivity index (χ1v) is 8.56. The molecule has 0 saturated carbocycles. The molecule has 3 aromatic rings. The lowest BCUT2D eigenvalue weighted by molar-refractivity contribution is -0.384. The fourth-order valence-electron chi connectivity index (χ4n) is 2.64. The lowest BCUT2D eigenvalue weighted by atomic mass is 10.1. The summed E-state index contributed by atoms with van der Waals surface area (Å²) in [7, 11) is 1.74. The van der Waals surface area contributed by atoms with Crippen LogP contribution >= 0.6 is 11.8 Å². The predicted octanol–water partition coefficient (Wildman–Crippen LogP) is 2.86. The van der Waals surface area contributed by atoms with Gasteiger partial charge in [0.15, 0.2) is 0 Å². The number of aryl methyl sites for hydroxylation is 2. The molecule has 25 heavy (non-hydrogen) atoms. The quantitative estimate of drug-likeness (QED) is 0.533. The maximum Gasteiger partial charge on any atom is 0.287 e. The minimum absolute atomic E-state index is 0.0149. The molecule has 0 spiro atoms. The van der Waals surface area contributed by atoms with Crippen LogP contribution in [0.4, 0.5) is 5.69 Å². The Balaban J connectivity index is 1.79. The number of thioether (sulfide) groups is 1. The third kappa shape index (κ3) is 2.72. The molecular formula is C16H14N6O2S. The van der Waals surface area contributed by atoms with E-state index in [4.69, 9.17) is 0 Å². The van der Waals surface area contributed by atoms with E-state index in [0.717, 1.165) is 11.3 Å². The summed E-state index contributed by atoms with van der Waals surface area (Å²) in [6.07, 6.45) is 1.46. The number of hydrogen-bond donors (Lipinski definition) is 0. The molecule has 1 aliphatic rings. The van der Waals surface area contributed by atoms with Crippen molar-refractivity contribution in [3.8, 4) is 11.5 Å². The van der Waals surface area contributed by atoms with Gasteiger partial charge in [-0.05, 0) is 12.5 Å². The van der Waals surface area contributed by atoms with Gasteiger partial charge in [-0.2, -0.15) is 9.78 Å². The molecule has 1 aliphatic heterocycles. The van der Waals surface area contributed by atoms with Gasteiger partial charge in [-0.25, -0.2) is 0 Å². The van der Waals surface area contributed by atoms with Crippen LogP contribution in [-0.4, -0.2) is 35.8 Å². The van der Waals surface area contributed by atoms with E-state index >= 15 is 0 Å². The first-order chi connectivity index (χ1) is 12.0. The topological polar surface area (TPSA) is 91.1 Å². The molecule has 1 aromatic carbocycles. The molecule has 3 heterocycles. The molecule has 0 bridgehead atoms. The van der Waals surface area contributed by atoms with Crippen LogP contribution in [0.5, 0.6) is 0 Å². The Morgan fingerprint density at radius 1 is 1.24 bits per heavy atom. The van der Waals surface area contributed by atoms with Gasteiger partial charge in [0.2, 0.25) is 11.0 Å². The number of nitro groups is 1. The molecule has 2 aromatic heterocycles. The first-order valence-electron chi connectivity index (χ1n) is 7.57. The molecule has 0 aliphatic carbocycles. The van der Waals surface area contributed by atoms with Crippen LogP contribution in [0.1, 0.15) is 11.1 Å². The average Bonchev–Trinajstić information content (AvgIpc) is 3.18. The number of nitrogens with zero attached hydrogens (tertiary/aromatic N) is 6. The third-order valence-corrected chi connectivity index (χ3v) is 4.92. The van der Waals surface area contributed by atoms with Crippen molar-refractivity contribution in [1.29, 1.82) is 0 Å². The zero-order chi connectivity index (χ0) is 17.6. The second-order valence-corrected chi connectivity index (χ2v) is 6.71. The summed E-state index contributed by atoms with van der Waals surface area (Å²) < 4.78 is 3.32. The van der Waals surface area contributed by atoms with Crippen molar-refractivity contribution in [2.24, 2.45) is 12.1 Å². The van der Waals surface area contributed by atoms with E-state index in [2.05, 4.69) is 15.3 Å². The molecule has 0 fully saturated rings. The average molecular weight is 354 g/mol. The van der Waals surface area contributed by atoms with Crippen molar-refractivity contribution in [3.05, 3.63) is 57.8 Å². The fraction of sp³-hybridized carbons (Fsp3) is 0.188. The summed E-state index contributed by atoms with van der Waals surface area (Å²) in [6, 6.07) is 9.66. The zero-order valence-electron chi connectivity index (χ0n) is 13.6. The van der Waals surface area contributed by atoms with Gasteiger partial charge in [0.1, 0.15) is 0 Å². The van der Waals surface area contributed by atoms with Crippen LogP contribution in [0.15, 0.2) is 46.8 Å². The third-order valence-electron chi connectivity index (χ3n) is 3.99. The van der Waals surface area contributed by atoms with E-state index in [0.29, 0.717) is 22.4 Å². The van der Waals surface area contributed by atoms with Gasteiger partial charge >= 0.3 is 0 Å². The summed E-state index contributed by atoms with van der Waals surface area (Å²) in [4.78, 5) is 10.6. The van der Waals surface area contributed by atoms with Crippen molar-refractivity contribution >= 4 is 23.2 Å². The summed E-state index contributed by atoms with van der Waals surface area (Å²) in [6.45, 7) is 2.04. The molecule has 0 amide bonds. The highest BCUT2D eigenvalue weighted by molar-refractivity contribution is 7.99. The van der Waals surface area contributed by atoms with Gasteiger partial charge < -0.3 is 4.57 Å². The minimum atomic E-state index is -0.424. The Labute approximate surface area is 147 Å². The van der Waals surface area contributed by atoms with Crippen molar-refractivity contribution in [3.63, 3.8) is 0 Å². The number of aromatic nitrogens is 4.